The van der Waals surface area contributed by atoms with E-state index in [1.54, 1.807) is 17.9 Å². The van der Waals surface area contributed by atoms with Crippen LogP contribution in [0.5, 0.6) is 5.75 Å². The Balaban J connectivity index is 0.726. The highest BCUT2D eigenvalue weighted by atomic mass is 16.5. The highest BCUT2D eigenvalue weighted by Crippen LogP contribution is 2.34. The van der Waals surface area contributed by atoms with Gasteiger partial charge in [-0.3, -0.25) is 34.0 Å². The van der Waals surface area contributed by atoms with Gasteiger partial charge in [0.05, 0.1) is 34.5 Å². The number of rotatable bonds is 9. The van der Waals surface area contributed by atoms with Crippen LogP contribution in [0.1, 0.15) is 78.2 Å². The Bertz CT molecular complexity index is 2390. The molecule has 4 fully saturated rings. The molecule has 0 bridgehead atoms. The molecular formula is C44H56N10O5. The van der Waals surface area contributed by atoms with Gasteiger partial charge in [0.25, 0.3) is 0 Å². The normalized spacial score (nSPS) is 22.7. The molecule has 15 nitrogen and oxygen atoms in total. The number of nitrogens with one attached hydrogen (secondary N) is 2. The number of carbonyl (C=O) groups is 2. The minimum absolute atomic E-state index is 0.227. The third kappa shape index (κ3) is 8.31. The maximum Gasteiger partial charge on any atom is 0.329 e. The average Bonchev–Trinajstić information content (AvgIpc) is 3.76. The van der Waals surface area contributed by atoms with Crippen LogP contribution in [-0.4, -0.2) is 110 Å². The van der Waals surface area contributed by atoms with Crippen molar-refractivity contribution in [3.63, 3.8) is 0 Å². The second-order valence-electron chi connectivity index (χ2n) is 17.9. The highest BCUT2D eigenvalue weighted by Gasteiger charge is 2.33. The molecule has 3 aromatic heterocycles. The second-order valence-corrected chi connectivity index (χ2v) is 17.9. The molecule has 5 aromatic rings. The Morgan fingerprint density at radius 1 is 0.797 bits per heavy atom. The molecule has 312 valence electrons. The summed E-state index contributed by atoms with van der Waals surface area (Å²) in [6, 6.07) is 13.4. The van der Waals surface area contributed by atoms with E-state index >= 15 is 0 Å². The van der Waals surface area contributed by atoms with Crippen LogP contribution in [0.2, 0.25) is 0 Å². The van der Waals surface area contributed by atoms with Crippen LogP contribution in [-0.2, 0) is 21.4 Å². The van der Waals surface area contributed by atoms with E-state index in [4.69, 9.17) is 9.47 Å². The van der Waals surface area contributed by atoms with Crippen molar-refractivity contribution < 1.29 is 19.1 Å². The minimum Gasteiger partial charge on any atom is -0.488 e. The lowest BCUT2D eigenvalue weighted by molar-refractivity contribution is -0.135. The van der Waals surface area contributed by atoms with E-state index in [1.165, 1.54) is 17.4 Å². The molecule has 3 aliphatic heterocycles. The standard InChI is InChI=1S/C44H56N10O5/c1-44(2,3)59-32-10-11-34-33(24-32)41(49-48-34)35-25-39(46-27-45-35)53-21-19-51(20-22-53)26-28-5-8-30(9-6-28)58-31-15-17-52(18-16-31)29-7-12-36-38(23-29)50(4)43(57)54(36)37-13-14-40(55)47-42(37)56/h7,10-12,23-25,27-28,30-31,37H,5-6,8-9,13-22,26H2,1-4H3,(H,48,49)(H,47,55,56). The molecule has 0 radical (unpaired) electrons. The molecule has 0 spiro atoms. The number of amides is 2. The number of hydrogen-bond acceptors (Lipinski definition) is 11. The van der Waals surface area contributed by atoms with E-state index in [2.05, 4.69) is 52.3 Å². The molecule has 15 heteroatoms. The number of ether oxygens (including phenoxy) is 2. The largest absolute Gasteiger partial charge is 0.488 e. The number of H-pyrrole nitrogens is 1. The predicted molar refractivity (Wildman–Crippen MR) is 227 cm³/mol. The molecule has 1 atom stereocenters. The van der Waals surface area contributed by atoms with Crippen molar-refractivity contribution in [1.82, 2.24) is 39.5 Å². The summed E-state index contributed by atoms with van der Waals surface area (Å²) in [5.41, 5.74) is 4.58. The Kier molecular flexibility index (Phi) is 10.7. The van der Waals surface area contributed by atoms with Gasteiger partial charge in [0.15, 0.2) is 0 Å². The van der Waals surface area contributed by atoms with Gasteiger partial charge < -0.3 is 19.3 Å². The summed E-state index contributed by atoms with van der Waals surface area (Å²) in [4.78, 5) is 54.2. The van der Waals surface area contributed by atoms with E-state index < -0.39 is 11.9 Å². The first-order valence-electron chi connectivity index (χ1n) is 21.4. The van der Waals surface area contributed by atoms with Gasteiger partial charge in [0, 0.05) is 76.4 Å². The van der Waals surface area contributed by atoms with E-state index in [-0.39, 0.29) is 29.7 Å². The van der Waals surface area contributed by atoms with E-state index in [0.29, 0.717) is 24.0 Å². The zero-order chi connectivity index (χ0) is 40.8. The van der Waals surface area contributed by atoms with Crippen molar-refractivity contribution in [3.8, 4) is 17.1 Å². The Morgan fingerprint density at radius 3 is 2.31 bits per heavy atom. The fraction of sp³-hybridized carbons (Fsp3) is 0.545. The van der Waals surface area contributed by atoms with Crippen molar-refractivity contribution in [1.29, 1.82) is 0 Å². The Hall–Kier alpha value is -5.28. The number of aromatic amines is 1. The SMILES string of the molecule is Cn1c(=O)n(C2CCC(=O)NC2=O)c2ccc(N3CCC(OC4CCC(CN5CCN(c6cc(-c7n[nH]c8ccc(OC(C)(C)C)cc78)ncn6)CC5)CC4)CC3)cc21. The summed E-state index contributed by atoms with van der Waals surface area (Å²) in [6.45, 7) is 13.0. The molecule has 1 saturated carbocycles. The van der Waals surface area contributed by atoms with Crippen molar-refractivity contribution in [3.05, 3.63) is 59.3 Å². The molecule has 1 aliphatic carbocycles. The lowest BCUT2D eigenvalue weighted by atomic mass is 9.86. The van der Waals surface area contributed by atoms with Gasteiger partial charge in [-0.1, -0.05) is 0 Å². The summed E-state index contributed by atoms with van der Waals surface area (Å²) in [5, 5.41) is 11.1. The molecule has 2 aromatic carbocycles. The molecule has 9 rings (SSSR count). The number of imidazole rings is 1. The summed E-state index contributed by atoms with van der Waals surface area (Å²) in [6.07, 6.45) is 9.38. The summed E-state index contributed by atoms with van der Waals surface area (Å²) >= 11 is 0. The number of aryl methyl sites for hydroxylation is 1. The number of nitrogens with zero attached hydrogens (tertiary/aromatic N) is 8. The number of anilines is 2. The Labute approximate surface area is 344 Å². The van der Waals surface area contributed by atoms with Crippen LogP contribution in [0.25, 0.3) is 33.3 Å². The second kappa shape index (κ2) is 16.1. The number of aromatic nitrogens is 6. The van der Waals surface area contributed by atoms with Crippen LogP contribution in [0.4, 0.5) is 11.5 Å². The van der Waals surface area contributed by atoms with Gasteiger partial charge in [-0.2, -0.15) is 5.10 Å². The number of benzene rings is 2. The number of imide groups is 1. The van der Waals surface area contributed by atoms with Crippen molar-refractivity contribution >= 4 is 45.3 Å². The maximum atomic E-state index is 13.2. The van der Waals surface area contributed by atoms with Gasteiger partial charge >= 0.3 is 5.69 Å². The highest BCUT2D eigenvalue weighted by molar-refractivity contribution is 6.00. The third-order valence-corrected chi connectivity index (χ3v) is 12.6. The third-order valence-electron chi connectivity index (χ3n) is 12.6. The van der Waals surface area contributed by atoms with E-state index in [0.717, 1.165) is 117 Å². The molecule has 3 saturated heterocycles. The maximum absolute atomic E-state index is 13.2. The quantitative estimate of drug-likeness (QED) is 0.189. The van der Waals surface area contributed by atoms with Gasteiger partial charge in [0.2, 0.25) is 11.8 Å². The van der Waals surface area contributed by atoms with Crippen LogP contribution in [0.3, 0.4) is 0 Å². The number of piperazine rings is 1. The first-order valence-corrected chi connectivity index (χ1v) is 21.4. The smallest absolute Gasteiger partial charge is 0.329 e. The molecule has 1 unspecified atom stereocenters. The number of hydrogen-bond donors (Lipinski definition) is 2. The van der Waals surface area contributed by atoms with Gasteiger partial charge in [-0.25, -0.2) is 14.8 Å². The number of fused-ring (bicyclic) bond motifs is 2. The summed E-state index contributed by atoms with van der Waals surface area (Å²) in [7, 11) is 1.74. The molecule has 4 aliphatic rings. The van der Waals surface area contributed by atoms with Gasteiger partial charge in [-0.15, -0.1) is 0 Å². The van der Waals surface area contributed by atoms with Gasteiger partial charge in [0.1, 0.15) is 35.2 Å². The van der Waals surface area contributed by atoms with E-state index in [9.17, 15) is 14.4 Å². The number of piperidine rings is 2. The zero-order valence-corrected chi connectivity index (χ0v) is 34.7. The monoisotopic (exact) mass is 804 g/mol. The van der Waals surface area contributed by atoms with E-state index in [1.807, 2.05) is 51.1 Å². The average molecular weight is 805 g/mol. The van der Waals surface area contributed by atoms with Crippen LogP contribution < -0.4 is 25.5 Å². The summed E-state index contributed by atoms with van der Waals surface area (Å²) < 4.78 is 16.0. The lowest BCUT2D eigenvalue weighted by Gasteiger charge is -2.39. The number of carbonyl (C=O) groups excluding carboxylic acids is 2. The molecule has 2 amide bonds. The first kappa shape index (κ1) is 39.2. The molecule has 6 heterocycles. The van der Waals surface area contributed by atoms with Crippen molar-refractivity contribution in [2.24, 2.45) is 13.0 Å². The molecule has 2 N–H and O–H groups in total. The van der Waals surface area contributed by atoms with Crippen molar-refractivity contribution in [2.45, 2.75) is 96.0 Å². The van der Waals surface area contributed by atoms with Crippen molar-refractivity contribution in [2.75, 3.05) is 55.6 Å². The Morgan fingerprint density at radius 2 is 1.56 bits per heavy atom. The fourth-order valence-corrected chi connectivity index (χ4v) is 9.53. The zero-order valence-electron chi connectivity index (χ0n) is 34.7. The van der Waals surface area contributed by atoms with Gasteiger partial charge in [-0.05, 0) is 108 Å². The first-order chi connectivity index (χ1) is 28.5. The molecule has 59 heavy (non-hydrogen) atoms. The molecular weight excluding hydrogens is 749 g/mol. The lowest BCUT2D eigenvalue weighted by Crippen LogP contribution is -2.48. The summed E-state index contributed by atoms with van der Waals surface area (Å²) in [5.74, 6) is 1.74. The van der Waals surface area contributed by atoms with Crippen LogP contribution in [0, 0.1) is 5.92 Å². The van der Waals surface area contributed by atoms with Crippen LogP contribution in [0.15, 0.2) is 53.6 Å². The fourth-order valence-electron chi connectivity index (χ4n) is 9.53. The predicted octanol–water partition coefficient (Wildman–Crippen LogP) is 5.19. The minimum atomic E-state index is -0.681. The topological polar surface area (TPSA) is 156 Å². The van der Waals surface area contributed by atoms with Crippen LogP contribution >= 0.6 is 0 Å².